The predicted octanol–water partition coefficient (Wildman–Crippen LogP) is 1.35. The second-order valence-corrected chi connectivity index (χ2v) is 5.76. The fraction of sp³-hybridized carbons (Fsp3) is 0.769. The van der Waals surface area contributed by atoms with Crippen molar-refractivity contribution < 1.29 is 0 Å². The summed E-state index contributed by atoms with van der Waals surface area (Å²) in [7, 11) is 0. The zero-order valence-electron chi connectivity index (χ0n) is 10.6. The molecule has 1 unspecified atom stereocenters. The maximum absolute atomic E-state index is 4.38. The average Bonchev–Trinajstić information content (AvgIpc) is 2.95. The maximum Gasteiger partial charge on any atom is 0.0925 e. The molecule has 1 atom stereocenters. The minimum atomic E-state index is 0.382. The molecule has 2 heterocycles. The highest BCUT2D eigenvalue weighted by Crippen LogP contribution is 2.28. The first kappa shape index (κ1) is 11.2. The van der Waals surface area contributed by atoms with E-state index in [1.807, 2.05) is 0 Å². The van der Waals surface area contributed by atoms with Crippen molar-refractivity contribution in [2.24, 2.45) is 0 Å². The van der Waals surface area contributed by atoms with Crippen molar-refractivity contribution in [1.82, 2.24) is 20.6 Å². The van der Waals surface area contributed by atoms with E-state index >= 15 is 0 Å². The van der Waals surface area contributed by atoms with Crippen LogP contribution in [0.15, 0.2) is 6.33 Å². The molecular formula is C13H22N4. The highest BCUT2D eigenvalue weighted by atomic mass is 15.1. The summed E-state index contributed by atoms with van der Waals surface area (Å²) in [4.78, 5) is 7.57. The van der Waals surface area contributed by atoms with Gasteiger partial charge in [0, 0.05) is 31.1 Å². The van der Waals surface area contributed by atoms with E-state index in [-0.39, 0.29) is 0 Å². The molecule has 2 aliphatic rings. The number of H-pyrrole nitrogens is 1. The van der Waals surface area contributed by atoms with E-state index < -0.39 is 0 Å². The molecule has 4 heteroatoms. The summed E-state index contributed by atoms with van der Waals surface area (Å²) in [6.07, 6.45) is 8.26. The molecule has 1 saturated carbocycles. The quantitative estimate of drug-likeness (QED) is 0.740. The molecule has 4 nitrogen and oxygen atoms in total. The topological polar surface area (TPSA) is 52.7 Å². The summed E-state index contributed by atoms with van der Waals surface area (Å²) in [5.41, 5.74) is 2.88. The maximum atomic E-state index is 4.38. The van der Waals surface area contributed by atoms with Crippen molar-refractivity contribution in [1.29, 1.82) is 0 Å². The molecule has 1 aliphatic carbocycles. The Morgan fingerprint density at radius 1 is 1.47 bits per heavy atom. The van der Waals surface area contributed by atoms with E-state index in [0.29, 0.717) is 11.6 Å². The Hall–Kier alpha value is -0.870. The van der Waals surface area contributed by atoms with Crippen molar-refractivity contribution in [3.63, 3.8) is 0 Å². The van der Waals surface area contributed by atoms with Crippen molar-refractivity contribution in [3.8, 4) is 0 Å². The van der Waals surface area contributed by atoms with Gasteiger partial charge in [0.1, 0.15) is 0 Å². The standard InChI is InChI=1S/C13H22N4/c1-13(4-2-3-5-13)17-7-10-6-11-12(8-14-10)16-9-15-11/h9-10,14,17H,2-8H2,1H3,(H,15,16). The fourth-order valence-corrected chi connectivity index (χ4v) is 3.08. The lowest BCUT2D eigenvalue weighted by molar-refractivity contribution is 0.327. The summed E-state index contributed by atoms with van der Waals surface area (Å²) in [5, 5.41) is 7.32. The number of nitrogens with zero attached hydrogens (tertiary/aromatic N) is 1. The Bertz CT molecular complexity index is 379. The Labute approximate surface area is 103 Å². The minimum absolute atomic E-state index is 0.382. The average molecular weight is 234 g/mol. The van der Waals surface area contributed by atoms with Gasteiger partial charge in [-0.15, -0.1) is 0 Å². The van der Waals surface area contributed by atoms with Gasteiger partial charge in [-0.1, -0.05) is 12.8 Å². The predicted molar refractivity (Wildman–Crippen MR) is 67.8 cm³/mol. The third-order valence-electron chi connectivity index (χ3n) is 4.30. The van der Waals surface area contributed by atoms with Crippen molar-refractivity contribution in [3.05, 3.63) is 17.7 Å². The lowest BCUT2D eigenvalue weighted by atomic mass is 9.99. The third-order valence-corrected chi connectivity index (χ3v) is 4.30. The first-order valence-corrected chi connectivity index (χ1v) is 6.75. The Balaban J connectivity index is 1.54. The number of hydrogen-bond donors (Lipinski definition) is 3. The molecule has 1 aromatic rings. The molecule has 94 valence electrons. The highest BCUT2D eigenvalue weighted by molar-refractivity contribution is 5.16. The molecule has 0 radical (unpaired) electrons. The molecule has 0 saturated heterocycles. The zero-order chi connectivity index (χ0) is 11.7. The van der Waals surface area contributed by atoms with Gasteiger partial charge in [-0.3, -0.25) is 0 Å². The second-order valence-electron chi connectivity index (χ2n) is 5.76. The normalized spacial score (nSPS) is 27.0. The van der Waals surface area contributed by atoms with Crippen LogP contribution >= 0.6 is 0 Å². The zero-order valence-corrected chi connectivity index (χ0v) is 10.6. The van der Waals surface area contributed by atoms with Crippen molar-refractivity contribution >= 4 is 0 Å². The second kappa shape index (κ2) is 4.42. The number of aromatic amines is 1. The van der Waals surface area contributed by atoms with Gasteiger partial charge < -0.3 is 15.6 Å². The van der Waals surface area contributed by atoms with Crippen LogP contribution in [0, 0.1) is 0 Å². The fourth-order valence-electron chi connectivity index (χ4n) is 3.08. The molecule has 0 spiro atoms. The van der Waals surface area contributed by atoms with Crippen LogP contribution in [-0.2, 0) is 13.0 Å². The summed E-state index contributed by atoms with van der Waals surface area (Å²) in [6, 6.07) is 0.531. The van der Waals surface area contributed by atoms with Gasteiger partial charge in [0.25, 0.3) is 0 Å². The van der Waals surface area contributed by atoms with Gasteiger partial charge in [-0.2, -0.15) is 0 Å². The van der Waals surface area contributed by atoms with Crippen molar-refractivity contribution in [2.45, 2.75) is 57.2 Å². The van der Waals surface area contributed by atoms with Gasteiger partial charge in [0.05, 0.1) is 17.7 Å². The molecular weight excluding hydrogens is 212 g/mol. The molecule has 3 rings (SSSR count). The molecule has 1 fully saturated rings. The van der Waals surface area contributed by atoms with Gasteiger partial charge in [-0.05, 0) is 19.8 Å². The van der Waals surface area contributed by atoms with E-state index in [0.717, 1.165) is 19.5 Å². The SMILES string of the molecule is CC1(NCC2Cc3nc[nH]c3CN2)CCCC1. The van der Waals surface area contributed by atoms with Crippen LogP contribution in [0.4, 0.5) is 0 Å². The lowest BCUT2D eigenvalue weighted by Crippen LogP contribution is -2.49. The molecule has 0 aromatic carbocycles. The van der Waals surface area contributed by atoms with Gasteiger partial charge in [0.15, 0.2) is 0 Å². The number of aromatic nitrogens is 2. The van der Waals surface area contributed by atoms with E-state index in [2.05, 4.69) is 27.5 Å². The van der Waals surface area contributed by atoms with Crippen LogP contribution in [0.3, 0.4) is 0 Å². The first-order chi connectivity index (χ1) is 8.25. The third kappa shape index (κ3) is 2.38. The van der Waals surface area contributed by atoms with Crippen LogP contribution in [-0.4, -0.2) is 28.1 Å². The monoisotopic (exact) mass is 234 g/mol. The van der Waals surface area contributed by atoms with E-state index in [1.54, 1.807) is 6.33 Å². The van der Waals surface area contributed by atoms with Gasteiger partial charge >= 0.3 is 0 Å². The summed E-state index contributed by atoms with van der Waals surface area (Å²) in [5.74, 6) is 0. The van der Waals surface area contributed by atoms with Crippen LogP contribution < -0.4 is 10.6 Å². The Morgan fingerprint density at radius 2 is 2.29 bits per heavy atom. The summed E-state index contributed by atoms with van der Waals surface area (Å²) in [6.45, 7) is 4.35. The molecule has 1 aliphatic heterocycles. The largest absolute Gasteiger partial charge is 0.347 e. The molecule has 1 aromatic heterocycles. The molecule has 0 amide bonds. The van der Waals surface area contributed by atoms with Gasteiger partial charge in [-0.25, -0.2) is 4.98 Å². The van der Waals surface area contributed by atoms with Crippen LogP contribution in [0.5, 0.6) is 0 Å². The number of imidazole rings is 1. The number of nitrogens with one attached hydrogen (secondary N) is 3. The highest BCUT2D eigenvalue weighted by Gasteiger charge is 2.29. The smallest absolute Gasteiger partial charge is 0.0925 e. The number of rotatable bonds is 3. The van der Waals surface area contributed by atoms with Crippen molar-refractivity contribution in [2.75, 3.05) is 6.54 Å². The number of hydrogen-bond acceptors (Lipinski definition) is 3. The number of fused-ring (bicyclic) bond motifs is 1. The van der Waals surface area contributed by atoms with E-state index in [4.69, 9.17) is 0 Å². The van der Waals surface area contributed by atoms with Crippen LogP contribution in [0.1, 0.15) is 44.0 Å². The Morgan fingerprint density at radius 3 is 3.12 bits per heavy atom. The van der Waals surface area contributed by atoms with Crippen LogP contribution in [0.25, 0.3) is 0 Å². The molecule has 3 N–H and O–H groups in total. The lowest BCUT2D eigenvalue weighted by Gasteiger charge is -2.30. The van der Waals surface area contributed by atoms with E-state index in [9.17, 15) is 0 Å². The summed E-state index contributed by atoms with van der Waals surface area (Å²) < 4.78 is 0. The first-order valence-electron chi connectivity index (χ1n) is 6.75. The van der Waals surface area contributed by atoms with E-state index in [1.165, 1.54) is 37.1 Å². The minimum Gasteiger partial charge on any atom is -0.347 e. The van der Waals surface area contributed by atoms with Gasteiger partial charge in [0.2, 0.25) is 0 Å². The molecule has 0 bridgehead atoms. The summed E-state index contributed by atoms with van der Waals surface area (Å²) >= 11 is 0. The van der Waals surface area contributed by atoms with Crippen LogP contribution in [0.2, 0.25) is 0 Å². The molecule has 17 heavy (non-hydrogen) atoms. The Kier molecular flexibility index (Phi) is 2.92.